The molecule has 0 aliphatic carbocycles. The summed E-state index contributed by atoms with van der Waals surface area (Å²) in [5.41, 5.74) is 12.4. The Kier molecular flexibility index (Phi) is 2.09. The second kappa shape index (κ2) is 3.41. The van der Waals surface area contributed by atoms with E-state index < -0.39 is 5.91 Å². The minimum atomic E-state index is -0.503. The molecule has 0 atom stereocenters. The van der Waals surface area contributed by atoms with E-state index >= 15 is 0 Å². The van der Waals surface area contributed by atoms with Crippen LogP contribution in [0.25, 0.3) is 5.69 Å². The van der Waals surface area contributed by atoms with Crippen molar-refractivity contribution in [1.82, 2.24) is 14.8 Å². The number of hydrogen-bond acceptors (Lipinski definition) is 4. The average molecular weight is 203 g/mol. The molecule has 1 aromatic heterocycles. The highest BCUT2D eigenvalue weighted by Gasteiger charge is 2.06. The van der Waals surface area contributed by atoms with Gasteiger partial charge in [0.2, 0.25) is 5.91 Å². The van der Waals surface area contributed by atoms with Crippen LogP contribution in [0.2, 0.25) is 0 Å². The number of hydrogen-bond donors (Lipinski definition) is 2. The van der Waals surface area contributed by atoms with E-state index in [0.29, 0.717) is 16.9 Å². The third-order valence-electron chi connectivity index (χ3n) is 1.98. The molecule has 1 aromatic carbocycles. The summed E-state index contributed by atoms with van der Waals surface area (Å²) in [4.78, 5) is 14.8. The number of nitrogens with zero attached hydrogens (tertiary/aromatic N) is 3. The van der Waals surface area contributed by atoms with Gasteiger partial charge in [0, 0.05) is 5.56 Å². The molecule has 6 nitrogen and oxygen atoms in total. The molecule has 0 aliphatic rings. The Morgan fingerprint density at radius 2 is 2.20 bits per heavy atom. The fourth-order valence-electron chi connectivity index (χ4n) is 1.23. The molecular formula is C9H9N5O. The van der Waals surface area contributed by atoms with Crippen LogP contribution in [-0.2, 0) is 0 Å². The third kappa shape index (κ3) is 1.64. The molecule has 0 spiro atoms. The molecular weight excluding hydrogens is 194 g/mol. The van der Waals surface area contributed by atoms with Crippen LogP contribution in [0.4, 0.5) is 5.69 Å². The number of carbonyl (C=O) groups excluding carboxylic acids is 1. The van der Waals surface area contributed by atoms with Crippen molar-refractivity contribution in [3.63, 3.8) is 0 Å². The standard InChI is InChI=1S/C9H9N5O/c10-7-2-1-6(9(11)15)3-8(7)14-5-12-4-13-14/h1-5H,10H2,(H2,11,15). The van der Waals surface area contributed by atoms with Crippen molar-refractivity contribution in [3.8, 4) is 5.69 Å². The maximum atomic E-state index is 11.0. The van der Waals surface area contributed by atoms with Crippen LogP contribution in [0.1, 0.15) is 10.4 Å². The largest absolute Gasteiger partial charge is 0.397 e. The Labute approximate surface area is 85.5 Å². The van der Waals surface area contributed by atoms with Crippen molar-refractivity contribution in [1.29, 1.82) is 0 Å². The molecule has 0 bridgehead atoms. The summed E-state index contributed by atoms with van der Waals surface area (Å²) >= 11 is 0. The second-order valence-corrected chi connectivity index (χ2v) is 2.98. The summed E-state index contributed by atoms with van der Waals surface area (Å²) in [6, 6.07) is 4.75. The Bertz CT molecular complexity index is 491. The first kappa shape index (κ1) is 9.20. The lowest BCUT2D eigenvalue weighted by Crippen LogP contribution is -2.12. The lowest BCUT2D eigenvalue weighted by Gasteiger charge is -2.05. The van der Waals surface area contributed by atoms with Crippen LogP contribution >= 0.6 is 0 Å². The molecule has 15 heavy (non-hydrogen) atoms. The average Bonchev–Trinajstić information content (AvgIpc) is 2.71. The Morgan fingerprint density at radius 3 is 2.80 bits per heavy atom. The predicted octanol–water partition coefficient (Wildman–Crippen LogP) is -0.0516. The number of benzene rings is 1. The lowest BCUT2D eigenvalue weighted by atomic mass is 10.1. The van der Waals surface area contributed by atoms with E-state index in [-0.39, 0.29) is 0 Å². The topological polar surface area (TPSA) is 99.8 Å². The summed E-state index contributed by atoms with van der Waals surface area (Å²) in [5.74, 6) is -0.503. The first-order valence-electron chi connectivity index (χ1n) is 4.23. The molecule has 0 unspecified atom stereocenters. The Balaban J connectivity index is 2.55. The maximum absolute atomic E-state index is 11.0. The van der Waals surface area contributed by atoms with Gasteiger partial charge in [-0.15, -0.1) is 0 Å². The van der Waals surface area contributed by atoms with Gasteiger partial charge in [-0.05, 0) is 18.2 Å². The number of aromatic nitrogens is 3. The summed E-state index contributed by atoms with van der Waals surface area (Å²) in [5, 5.41) is 3.92. The Hall–Kier alpha value is -2.37. The number of carbonyl (C=O) groups is 1. The van der Waals surface area contributed by atoms with Crippen molar-refractivity contribution in [2.45, 2.75) is 0 Å². The zero-order chi connectivity index (χ0) is 10.8. The molecule has 1 heterocycles. The van der Waals surface area contributed by atoms with Gasteiger partial charge in [-0.3, -0.25) is 4.79 Å². The minimum absolute atomic E-state index is 0.384. The quantitative estimate of drug-likeness (QED) is 0.668. The molecule has 0 saturated carbocycles. The van der Waals surface area contributed by atoms with Crippen LogP contribution in [0.15, 0.2) is 30.9 Å². The van der Waals surface area contributed by atoms with Gasteiger partial charge in [0.05, 0.1) is 11.4 Å². The smallest absolute Gasteiger partial charge is 0.248 e. The van der Waals surface area contributed by atoms with Crippen LogP contribution in [-0.4, -0.2) is 20.7 Å². The van der Waals surface area contributed by atoms with E-state index in [1.165, 1.54) is 17.3 Å². The van der Waals surface area contributed by atoms with Gasteiger partial charge in [-0.1, -0.05) is 0 Å². The normalized spacial score (nSPS) is 10.1. The molecule has 2 aromatic rings. The molecule has 2 rings (SSSR count). The van der Waals surface area contributed by atoms with Crippen molar-refractivity contribution in [2.24, 2.45) is 5.73 Å². The molecule has 0 saturated heterocycles. The maximum Gasteiger partial charge on any atom is 0.248 e. The summed E-state index contributed by atoms with van der Waals surface area (Å²) < 4.78 is 1.47. The number of amides is 1. The van der Waals surface area contributed by atoms with E-state index in [1.807, 2.05) is 0 Å². The first-order valence-corrected chi connectivity index (χ1v) is 4.23. The third-order valence-corrected chi connectivity index (χ3v) is 1.98. The fraction of sp³-hybridized carbons (Fsp3) is 0. The highest BCUT2D eigenvalue weighted by atomic mass is 16.1. The van der Waals surface area contributed by atoms with E-state index in [4.69, 9.17) is 11.5 Å². The van der Waals surface area contributed by atoms with E-state index in [2.05, 4.69) is 10.1 Å². The molecule has 76 valence electrons. The highest BCUT2D eigenvalue weighted by Crippen LogP contribution is 2.17. The van der Waals surface area contributed by atoms with Gasteiger partial charge in [0.15, 0.2) is 0 Å². The number of primary amides is 1. The molecule has 0 radical (unpaired) electrons. The summed E-state index contributed by atoms with van der Waals surface area (Å²) in [6.07, 6.45) is 2.88. The van der Waals surface area contributed by atoms with Crippen LogP contribution in [0.3, 0.4) is 0 Å². The molecule has 1 amide bonds. The number of nitrogen functional groups attached to an aromatic ring is 1. The Morgan fingerprint density at radius 1 is 1.40 bits per heavy atom. The molecule has 0 aliphatic heterocycles. The van der Waals surface area contributed by atoms with Crippen molar-refractivity contribution in [2.75, 3.05) is 5.73 Å². The van der Waals surface area contributed by atoms with Crippen molar-refractivity contribution in [3.05, 3.63) is 36.4 Å². The zero-order valence-corrected chi connectivity index (χ0v) is 7.79. The van der Waals surface area contributed by atoms with E-state index in [1.54, 1.807) is 18.2 Å². The second-order valence-electron chi connectivity index (χ2n) is 2.98. The van der Waals surface area contributed by atoms with E-state index in [9.17, 15) is 4.79 Å². The van der Waals surface area contributed by atoms with Gasteiger partial charge in [-0.2, -0.15) is 5.10 Å². The van der Waals surface area contributed by atoms with Crippen LogP contribution < -0.4 is 11.5 Å². The molecule has 4 N–H and O–H groups in total. The monoisotopic (exact) mass is 203 g/mol. The minimum Gasteiger partial charge on any atom is -0.397 e. The fourth-order valence-corrected chi connectivity index (χ4v) is 1.23. The van der Waals surface area contributed by atoms with Crippen LogP contribution in [0, 0.1) is 0 Å². The van der Waals surface area contributed by atoms with Gasteiger partial charge < -0.3 is 11.5 Å². The number of rotatable bonds is 2. The van der Waals surface area contributed by atoms with Gasteiger partial charge in [0.1, 0.15) is 12.7 Å². The van der Waals surface area contributed by atoms with Crippen molar-refractivity contribution < 1.29 is 4.79 Å². The number of anilines is 1. The lowest BCUT2D eigenvalue weighted by molar-refractivity contribution is 0.100. The zero-order valence-electron chi connectivity index (χ0n) is 7.79. The predicted molar refractivity (Wildman–Crippen MR) is 54.3 cm³/mol. The molecule has 0 fully saturated rings. The SMILES string of the molecule is NC(=O)c1ccc(N)c(-n2cncn2)c1. The molecule has 6 heteroatoms. The van der Waals surface area contributed by atoms with Gasteiger partial charge in [0.25, 0.3) is 0 Å². The van der Waals surface area contributed by atoms with Gasteiger partial charge in [-0.25, -0.2) is 9.67 Å². The van der Waals surface area contributed by atoms with Crippen LogP contribution in [0.5, 0.6) is 0 Å². The van der Waals surface area contributed by atoms with E-state index in [0.717, 1.165) is 0 Å². The van der Waals surface area contributed by atoms with Crippen molar-refractivity contribution >= 4 is 11.6 Å². The number of nitrogens with two attached hydrogens (primary N) is 2. The van der Waals surface area contributed by atoms with Gasteiger partial charge >= 0.3 is 0 Å². The summed E-state index contributed by atoms with van der Waals surface area (Å²) in [7, 11) is 0. The highest BCUT2D eigenvalue weighted by molar-refractivity contribution is 5.94. The summed E-state index contributed by atoms with van der Waals surface area (Å²) in [6.45, 7) is 0. The first-order chi connectivity index (χ1) is 7.18.